The van der Waals surface area contributed by atoms with Crippen LogP contribution < -0.4 is 0 Å². The van der Waals surface area contributed by atoms with E-state index in [4.69, 9.17) is 0 Å². The van der Waals surface area contributed by atoms with Crippen LogP contribution in [0.5, 0.6) is 0 Å². The van der Waals surface area contributed by atoms with Crippen molar-refractivity contribution >= 4 is 23.9 Å². The van der Waals surface area contributed by atoms with E-state index in [1.54, 1.807) is 32.9 Å². The first-order chi connectivity index (χ1) is 13.1. The summed E-state index contributed by atoms with van der Waals surface area (Å²) in [6, 6.07) is 0. The molecule has 0 aromatic heterocycles. The minimum Gasteiger partial charge on any atom is -0.466 e. The van der Waals surface area contributed by atoms with Crippen molar-refractivity contribution in [3.8, 4) is 12.0 Å². The number of esters is 4. The Morgan fingerprint density at radius 1 is 0.786 bits per heavy atom. The summed E-state index contributed by atoms with van der Waals surface area (Å²) in [5, 5.41) is 0. The van der Waals surface area contributed by atoms with Gasteiger partial charge < -0.3 is 18.9 Å². The summed E-state index contributed by atoms with van der Waals surface area (Å²) in [7, 11) is 0. The lowest BCUT2D eigenvalue weighted by Gasteiger charge is -1.93. The van der Waals surface area contributed by atoms with Gasteiger partial charge in [-0.25, -0.2) is 0 Å². The summed E-state index contributed by atoms with van der Waals surface area (Å²) in [6.07, 6.45) is 9.06. The first-order valence-corrected chi connectivity index (χ1v) is 8.38. The highest BCUT2D eigenvalue weighted by molar-refractivity contribution is 5.67. The van der Waals surface area contributed by atoms with Gasteiger partial charge >= 0.3 is 23.9 Å². The fraction of sp³-hybridized carbons (Fsp3) is 0.500. The average molecular weight is 400 g/mol. The van der Waals surface area contributed by atoms with Gasteiger partial charge in [0.05, 0.1) is 19.1 Å². The molecule has 0 atom stereocenters. The van der Waals surface area contributed by atoms with Crippen molar-refractivity contribution in [2.45, 2.75) is 61.8 Å². The molecule has 0 aliphatic heterocycles. The van der Waals surface area contributed by atoms with Crippen molar-refractivity contribution < 1.29 is 38.1 Å². The normalized spacial score (nSPS) is 8.29. The van der Waals surface area contributed by atoms with E-state index in [1.165, 1.54) is 40.2 Å². The van der Waals surface area contributed by atoms with E-state index in [9.17, 15) is 19.2 Å². The van der Waals surface area contributed by atoms with E-state index in [2.05, 4.69) is 31.0 Å². The Balaban J connectivity index is -0.000000137. The van der Waals surface area contributed by atoms with Crippen LogP contribution in [0.25, 0.3) is 0 Å². The minimum atomic E-state index is -0.366. The molecule has 0 aliphatic rings. The molecule has 0 spiro atoms. The van der Waals surface area contributed by atoms with Gasteiger partial charge in [0.15, 0.2) is 0 Å². The Labute approximate surface area is 167 Å². The van der Waals surface area contributed by atoms with Crippen LogP contribution in [-0.2, 0) is 38.1 Å². The van der Waals surface area contributed by atoms with Crippen LogP contribution in [0.2, 0.25) is 0 Å². The van der Waals surface area contributed by atoms with Crippen molar-refractivity contribution in [2.75, 3.05) is 6.61 Å². The van der Waals surface area contributed by atoms with Crippen LogP contribution >= 0.6 is 0 Å². The summed E-state index contributed by atoms with van der Waals surface area (Å²) in [5.41, 5.74) is 0. The summed E-state index contributed by atoms with van der Waals surface area (Å²) >= 11 is 0. The van der Waals surface area contributed by atoms with E-state index in [0.717, 1.165) is 6.42 Å². The molecule has 0 saturated heterocycles. The molecule has 0 aromatic rings. The number of carbonyl (C=O) groups is 4. The van der Waals surface area contributed by atoms with Gasteiger partial charge in [-0.3, -0.25) is 19.2 Å². The van der Waals surface area contributed by atoms with Crippen molar-refractivity contribution in [3.63, 3.8) is 0 Å². The molecule has 28 heavy (non-hydrogen) atoms. The Kier molecular flexibility index (Phi) is 33.4. The van der Waals surface area contributed by atoms with Gasteiger partial charge in [-0.05, 0) is 20.3 Å². The molecule has 0 bridgehead atoms. The topological polar surface area (TPSA) is 105 Å². The number of ether oxygens (including phenoxy) is 4. The summed E-state index contributed by atoms with van der Waals surface area (Å²) in [4.78, 5) is 39.7. The lowest BCUT2D eigenvalue weighted by Crippen LogP contribution is -1.98. The zero-order valence-corrected chi connectivity index (χ0v) is 18.0. The Bertz CT molecular complexity index is 512. The number of rotatable bonds is 4. The predicted molar refractivity (Wildman–Crippen MR) is 105 cm³/mol. The summed E-state index contributed by atoms with van der Waals surface area (Å²) < 4.78 is 17.5. The molecule has 0 aliphatic carbocycles. The highest BCUT2D eigenvalue weighted by Gasteiger charge is 1.85. The number of hydrogen-bond acceptors (Lipinski definition) is 8. The third kappa shape index (κ3) is 66.0. The standard InChI is InChI=1S/C5H10O2.2C5H8O2.C5H6O2/c4*1-3-4-7-5(2)6/h3-4H2,1-2H3;2*3-4H,1-2H3;1-2H3/b;4-3+;4-3-;. The maximum atomic E-state index is 9.98. The summed E-state index contributed by atoms with van der Waals surface area (Å²) in [5.74, 6) is 1.29. The van der Waals surface area contributed by atoms with E-state index >= 15 is 0 Å². The maximum Gasteiger partial charge on any atom is 0.316 e. The zero-order chi connectivity index (χ0) is 22.8. The van der Waals surface area contributed by atoms with Crippen LogP contribution in [0.15, 0.2) is 24.7 Å². The van der Waals surface area contributed by atoms with Gasteiger partial charge in [0.2, 0.25) is 0 Å². The molecule has 0 N–H and O–H groups in total. The maximum absolute atomic E-state index is 9.98. The van der Waals surface area contributed by atoms with Gasteiger partial charge in [-0.2, -0.15) is 0 Å². The fourth-order valence-corrected chi connectivity index (χ4v) is 0.696. The molecule has 0 aromatic carbocycles. The second-order valence-corrected chi connectivity index (χ2v) is 4.44. The van der Waals surface area contributed by atoms with Crippen molar-refractivity contribution in [1.29, 1.82) is 0 Å². The van der Waals surface area contributed by atoms with Gasteiger partial charge in [-0.1, -0.05) is 25.0 Å². The summed E-state index contributed by atoms with van der Waals surface area (Å²) in [6.45, 7) is 13.1. The SMILES string of the molecule is C/C=C/OC(C)=O.C/C=C\OC(C)=O.CC#COC(C)=O.CCCOC(C)=O. The molecule has 0 fully saturated rings. The van der Waals surface area contributed by atoms with Crippen LogP contribution in [0, 0.1) is 12.0 Å². The second kappa shape index (κ2) is 28.7. The van der Waals surface area contributed by atoms with Crippen LogP contribution in [-0.4, -0.2) is 30.5 Å². The van der Waals surface area contributed by atoms with Crippen molar-refractivity contribution in [2.24, 2.45) is 0 Å². The monoisotopic (exact) mass is 400 g/mol. The predicted octanol–water partition coefficient (Wildman–Crippen LogP) is 3.66. The van der Waals surface area contributed by atoms with Gasteiger partial charge in [-0.15, -0.1) is 0 Å². The Morgan fingerprint density at radius 2 is 1.21 bits per heavy atom. The molecular formula is C20H32O8. The van der Waals surface area contributed by atoms with E-state index in [0.29, 0.717) is 6.61 Å². The molecule has 8 nitrogen and oxygen atoms in total. The molecule has 160 valence electrons. The Hall–Kier alpha value is -3.08. The molecule has 0 rings (SSSR count). The van der Waals surface area contributed by atoms with Crippen molar-refractivity contribution in [1.82, 2.24) is 0 Å². The molecular weight excluding hydrogens is 368 g/mol. The third-order valence-electron chi connectivity index (χ3n) is 1.55. The first kappa shape index (κ1) is 32.6. The lowest BCUT2D eigenvalue weighted by atomic mass is 10.5. The van der Waals surface area contributed by atoms with E-state index in [1.807, 2.05) is 6.92 Å². The number of carbonyl (C=O) groups excluding carboxylic acids is 4. The van der Waals surface area contributed by atoms with E-state index in [-0.39, 0.29) is 23.9 Å². The molecule has 0 radical (unpaired) electrons. The van der Waals surface area contributed by atoms with Gasteiger partial charge in [0, 0.05) is 34.6 Å². The number of hydrogen-bond donors (Lipinski definition) is 0. The minimum absolute atomic E-state index is 0.193. The van der Waals surface area contributed by atoms with Gasteiger partial charge in [0.1, 0.15) is 6.11 Å². The highest BCUT2D eigenvalue weighted by atomic mass is 16.5. The van der Waals surface area contributed by atoms with Crippen LogP contribution in [0.3, 0.4) is 0 Å². The average Bonchev–Trinajstić information content (AvgIpc) is 2.62. The largest absolute Gasteiger partial charge is 0.466 e. The third-order valence-corrected chi connectivity index (χ3v) is 1.55. The molecule has 0 heterocycles. The smallest absolute Gasteiger partial charge is 0.316 e. The zero-order valence-electron chi connectivity index (χ0n) is 18.0. The number of allylic oxidation sites excluding steroid dienone is 2. The highest BCUT2D eigenvalue weighted by Crippen LogP contribution is 1.78. The van der Waals surface area contributed by atoms with Gasteiger partial charge in [0.25, 0.3) is 0 Å². The van der Waals surface area contributed by atoms with Crippen LogP contribution in [0.1, 0.15) is 61.8 Å². The second-order valence-electron chi connectivity index (χ2n) is 4.44. The lowest BCUT2D eigenvalue weighted by molar-refractivity contribution is -0.141. The van der Waals surface area contributed by atoms with Crippen LogP contribution in [0.4, 0.5) is 0 Å². The first-order valence-electron chi connectivity index (χ1n) is 8.38. The Morgan fingerprint density at radius 3 is 1.32 bits per heavy atom. The quantitative estimate of drug-likeness (QED) is 0.305. The molecule has 0 unspecified atom stereocenters. The van der Waals surface area contributed by atoms with E-state index < -0.39 is 0 Å². The molecule has 8 heteroatoms. The molecule has 0 amide bonds. The molecule has 0 saturated carbocycles. The fourth-order valence-electron chi connectivity index (χ4n) is 0.696. The van der Waals surface area contributed by atoms with Crippen molar-refractivity contribution in [3.05, 3.63) is 24.7 Å².